The molecule has 39 heavy (non-hydrogen) atoms. The van der Waals surface area contributed by atoms with Crippen LogP contribution in [-0.2, 0) is 18.4 Å². The molecule has 0 aliphatic carbocycles. The number of ether oxygens (including phenoxy) is 1. The van der Waals surface area contributed by atoms with E-state index in [1.165, 1.54) is 0 Å². The number of anilines is 1. The van der Waals surface area contributed by atoms with Crippen LogP contribution in [0.3, 0.4) is 0 Å². The number of benzene rings is 1. The van der Waals surface area contributed by atoms with E-state index in [2.05, 4.69) is 20.4 Å². The summed E-state index contributed by atoms with van der Waals surface area (Å²) >= 11 is 0. The van der Waals surface area contributed by atoms with Gasteiger partial charge in [0.25, 0.3) is 5.91 Å². The molecular weight excluding hydrogens is 496 g/mol. The summed E-state index contributed by atoms with van der Waals surface area (Å²) in [6.45, 7) is 3.94. The second-order valence-corrected chi connectivity index (χ2v) is 9.74. The van der Waals surface area contributed by atoms with Gasteiger partial charge in [-0.1, -0.05) is 18.2 Å². The number of aryl methyl sites for hydroxylation is 2. The molecule has 0 fully saturated rings. The monoisotopic (exact) mass is 528 g/mol. The zero-order valence-corrected chi connectivity index (χ0v) is 22.6. The van der Waals surface area contributed by atoms with Crippen LogP contribution >= 0.6 is 0 Å². The van der Waals surface area contributed by atoms with Crippen molar-refractivity contribution in [2.75, 3.05) is 45.7 Å². The number of hydrogen-bond donors (Lipinski definition) is 1. The van der Waals surface area contributed by atoms with Crippen LogP contribution in [0.4, 0.5) is 5.95 Å². The summed E-state index contributed by atoms with van der Waals surface area (Å²) in [7, 11) is 5.68. The van der Waals surface area contributed by atoms with E-state index in [1.807, 2.05) is 60.8 Å². The topological polar surface area (TPSA) is 110 Å². The first kappa shape index (κ1) is 26.1. The van der Waals surface area contributed by atoms with Crippen LogP contribution in [0, 0.1) is 6.92 Å². The average molecular weight is 529 g/mol. The van der Waals surface area contributed by atoms with Crippen molar-refractivity contribution in [3.05, 3.63) is 66.0 Å². The number of para-hydroxylation sites is 2. The predicted molar refractivity (Wildman–Crippen MR) is 149 cm³/mol. The maximum Gasteiger partial charge on any atom is 0.258 e. The zero-order chi connectivity index (χ0) is 27.5. The molecule has 0 atom stereocenters. The fourth-order valence-corrected chi connectivity index (χ4v) is 4.56. The second kappa shape index (κ2) is 11.1. The van der Waals surface area contributed by atoms with Gasteiger partial charge in [0.2, 0.25) is 17.7 Å². The number of pyridine rings is 1. The van der Waals surface area contributed by atoms with Crippen LogP contribution < -0.4 is 10.1 Å². The Balaban J connectivity index is 1.56. The molecule has 4 aromatic rings. The van der Waals surface area contributed by atoms with Crippen LogP contribution in [0.25, 0.3) is 22.3 Å². The number of carbonyl (C=O) groups excluding carboxylic acids is 2. The van der Waals surface area contributed by atoms with Gasteiger partial charge in [-0.3, -0.25) is 19.9 Å². The molecule has 1 aliphatic heterocycles. The molecule has 0 saturated heterocycles. The number of hydrogen-bond acceptors (Lipinski definition) is 7. The third-order valence-electron chi connectivity index (χ3n) is 6.49. The molecule has 0 saturated carbocycles. The van der Waals surface area contributed by atoms with Gasteiger partial charge in [-0.25, -0.2) is 9.67 Å². The molecule has 2 bridgehead atoms. The number of nitrogens with one attached hydrogen (secondary N) is 1. The molecular formula is C28H32N8O3. The van der Waals surface area contributed by atoms with Gasteiger partial charge < -0.3 is 19.1 Å². The number of imidazole rings is 1. The highest BCUT2D eigenvalue weighted by molar-refractivity contribution is 6.04. The number of amides is 2. The first-order chi connectivity index (χ1) is 18.8. The molecule has 1 N–H and O–H groups in total. The van der Waals surface area contributed by atoms with Crippen LogP contribution in [-0.4, -0.2) is 86.3 Å². The van der Waals surface area contributed by atoms with E-state index >= 15 is 0 Å². The minimum absolute atomic E-state index is 0.117. The third-order valence-corrected chi connectivity index (χ3v) is 6.49. The van der Waals surface area contributed by atoms with E-state index in [9.17, 15) is 9.59 Å². The van der Waals surface area contributed by atoms with Crippen molar-refractivity contribution >= 4 is 28.8 Å². The minimum Gasteiger partial charge on any atom is -0.475 e. The van der Waals surface area contributed by atoms with Crippen LogP contribution in [0.5, 0.6) is 5.88 Å². The quantitative estimate of drug-likeness (QED) is 0.407. The lowest BCUT2D eigenvalue weighted by Crippen LogP contribution is -2.36. The molecule has 2 amide bonds. The van der Waals surface area contributed by atoms with Crippen molar-refractivity contribution in [2.24, 2.45) is 7.05 Å². The van der Waals surface area contributed by atoms with Gasteiger partial charge in [0, 0.05) is 44.0 Å². The Bertz CT molecular complexity index is 1550. The van der Waals surface area contributed by atoms with E-state index in [0.717, 1.165) is 11.0 Å². The molecule has 0 radical (unpaired) electrons. The molecule has 0 spiro atoms. The Morgan fingerprint density at radius 2 is 1.97 bits per heavy atom. The predicted octanol–water partition coefficient (Wildman–Crippen LogP) is 2.73. The van der Waals surface area contributed by atoms with E-state index in [1.54, 1.807) is 41.0 Å². The van der Waals surface area contributed by atoms with Crippen LogP contribution in [0.15, 0.2) is 54.7 Å². The van der Waals surface area contributed by atoms with E-state index in [-0.39, 0.29) is 18.4 Å². The van der Waals surface area contributed by atoms with E-state index < -0.39 is 0 Å². The second-order valence-electron chi connectivity index (χ2n) is 9.74. The molecule has 4 heterocycles. The highest BCUT2D eigenvalue weighted by Crippen LogP contribution is 2.29. The number of carbonyl (C=O) groups is 2. The van der Waals surface area contributed by atoms with Crippen molar-refractivity contribution in [3.8, 4) is 17.1 Å². The fraction of sp³-hybridized carbons (Fsp3) is 0.321. The van der Waals surface area contributed by atoms with Gasteiger partial charge >= 0.3 is 0 Å². The number of aromatic nitrogens is 5. The highest BCUT2D eigenvalue weighted by Gasteiger charge is 2.21. The number of fused-ring (bicyclic) bond motifs is 7. The Hall–Kier alpha value is -4.51. The van der Waals surface area contributed by atoms with Gasteiger partial charge in [-0.2, -0.15) is 5.10 Å². The summed E-state index contributed by atoms with van der Waals surface area (Å²) in [6, 6.07) is 11.2. The number of likely N-dealkylation sites (N-methyl/N-ethyl adjacent to an activating group) is 1. The fourth-order valence-electron chi connectivity index (χ4n) is 4.56. The smallest absolute Gasteiger partial charge is 0.258 e. The molecule has 202 valence electrons. The van der Waals surface area contributed by atoms with Crippen molar-refractivity contribution in [1.29, 1.82) is 0 Å². The Labute approximate surface area is 226 Å². The maximum absolute atomic E-state index is 13.4. The highest BCUT2D eigenvalue weighted by atomic mass is 16.5. The van der Waals surface area contributed by atoms with Crippen molar-refractivity contribution in [3.63, 3.8) is 0 Å². The number of rotatable bonds is 3. The molecule has 1 aromatic carbocycles. The molecule has 11 nitrogen and oxygen atoms in total. The summed E-state index contributed by atoms with van der Waals surface area (Å²) < 4.78 is 9.72. The van der Waals surface area contributed by atoms with Gasteiger partial charge in [0.05, 0.1) is 35.0 Å². The van der Waals surface area contributed by atoms with Crippen LogP contribution in [0.1, 0.15) is 16.1 Å². The third kappa shape index (κ3) is 5.68. The lowest BCUT2D eigenvalue weighted by Gasteiger charge is -2.22. The largest absolute Gasteiger partial charge is 0.475 e. The normalized spacial score (nSPS) is 14.5. The molecule has 11 heteroatoms. The Kier molecular flexibility index (Phi) is 7.42. The summed E-state index contributed by atoms with van der Waals surface area (Å²) in [6.07, 6.45) is 5.11. The summed E-state index contributed by atoms with van der Waals surface area (Å²) in [5, 5.41) is 7.34. The summed E-state index contributed by atoms with van der Waals surface area (Å²) in [4.78, 5) is 39.7. The SMILES string of the molecule is Cc1cc2cc(n1)-c1cnn(C)c1OCCN(C(=O)/C=C/CN(C)C)CCn1c(nc3ccccc31)NC2=O. The van der Waals surface area contributed by atoms with Gasteiger partial charge in [0.1, 0.15) is 6.61 Å². The molecule has 3 aromatic heterocycles. The first-order valence-electron chi connectivity index (χ1n) is 12.8. The molecule has 0 unspecified atom stereocenters. The van der Waals surface area contributed by atoms with Gasteiger partial charge in [-0.15, -0.1) is 0 Å². The lowest BCUT2D eigenvalue weighted by molar-refractivity contribution is -0.126. The van der Waals surface area contributed by atoms with Crippen molar-refractivity contribution in [1.82, 2.24) is 34.1 Å². The summed E-state index contributed by atoms with van der Waals surface area (Å²) in [5.41, 5.74) is 4.00. The standard InChI is InChI=1S/C28H32N8O3/c1-19-16-20-17-23(30-19)21-18-29-34(4)27(21)39-15-14-35(25(37)10-7-11-33(2)3)12-13-36-24-9-6-5-8-22(24)31-28(36)32-26(20)38/h5-10,16-18H,11-15H2,1-4H3,(H,31,32,38)/b10-7+. The zero-order valence-electron chi connectivity index (χ0n) is 22.6. The van der Waals surface area contributed by atoms with Crippen LogP contribution in [0.2, 0.25) is 0 Å². The number of nitrogens with zero attached hydrogens (tertiary/aromatic N) is 7. The Morgan fingerprint density at radius 1 is 1.15 bits per heavy atom. The van der Waals surface area contributed by atoms with E-state index in [4.69, 9.17) is 4.74 Å². The summed E-state index contributed by atoms with van der Waals surface area (Å²) in [5.74, 6) is 0.512. The minimum atomic E-state index is -0.306. The van der Waals surface area contributed by atoms with E-state index in [0.29, 0.717) is 60.5 Å². The molecule has 5 rings (SSSR count). The van der Waals surface area contributed by atoms with Gasteiger partial charge in [0.15, 0.2) is 0 Å². The molecule has 1 aliphatic rings. The Morgan fingerprint density at radius 3 is 2.79 bits per heavy atom. The van der Waals surface area contributed by atoms with Gasteiger partial charge in [-0.05, 0) is 45.3 Å². The van der Waals surface area contributed by atoms with Crippen molar-refractivity contribution < 1.29 is 14.3 Å². The first-order valence-corrected chi connectivity index (χ1v) is 12.8. The average Bonchev–Trinajstić information content (AvgIpc) is 3.44. The maximum atomic E-state index is 13.4. The van der Waals surface area contributed by atoms with Crippen molar-refractivity contribution in [2.45, 2.75) is 13.5 Å². The lowest BCUT2D eigenvalue weighted by atomic mass is 10.1.